The van der Waals surface area contributed by atoms with E-state index in [1.54, 1.807) is 0 Å². The third-order valence-corrected chi connectivity index (χ3v) is 5.15. The van der Waals surface area contributed by atoms with Crippen LogP contribution in [0.2, 0.25) is 0 Å². The molecule has 122 valence electrons. The molecule has 0 radical (unpaired) electrons. The topological polar surface area (TPSA) is 58.2 Å². The standard InChI is InChI=1S/C20H20N2O2/c1-12-18(16-8-4-5-9-17(16)22-19(12)23)20(24)21-15-10-13-6-2-3-7-14(13)11-15/h2-9,12,15,18H,10-11H2,1H3,(H,21,24)(H,22,23). The molecule has 0 bridgehead atoms. The van der Waals surface area contributed by atoms with Crippen molar-refractivity contribution in [2.75, 3.05) is 5.32 Å². The Morgan fingerprint density at radius 1 is 1.04 bits per heavy atom. The Balaban J connectivity index is 1.55. The largest absolute Gasteiger partial charge is 0.352 e. The molecule has 0 aromatic heterocycles. The first-order valence-corrected chi connectivity index (χ1v) is 8.40. The number of fused-ring (bicyclic) bond motifs is 2. The summed E-state index contributed by atoms with van der Waals surface area (Å²) >= 11 is 0. The van der Waals surface area contributed by atoms with Gasteiger partial charge in [0.1, 0.15) is 0 Å². The number of hydrogen-bond donors (Lipinski definition) is 2. The number of benzene rings is 2. The number of amides is 2. The Bertz CT molecular complexity index is 790. The van der Waals surface area contributed by atoms with Crippen LogP contribution in [-0.4, -0.2) is 17.9 Å². The van der Waals surface area contributed by atoms with E-state index in [1.165, 1.54) is 11.1 Å². The van der Waals surface area contributed by atoms with Crippen LogP contribution in [0.1, 0.15) is 29.5 Å². The van der Waals surface area contributed by atoms with Gasteiger partial charge in [0.05, 0.1) is 11.8 Å². The Hall–Kier alpha value is -2.62. The van der Waals surface area contributed by atoms with E-state index in [2.05, 4.69) is 22.8 Å². The Morgan fingerprint density at radius 3 is 2.38 bits per heavy atom. The Kier molecular flexibility index (Phi) is 3.60. The number of hydrogen-bond acceptors (Lipinski definition) is 2. The van der Waals surface area contributed by atoms with Crippen molar-refractivity contribution in [3.63, 3.8) is 0 Å². The molecule has 1 heterocycles. The molecule has 4 heteroatoms. The molecule has 2 atom stereocenters. The number of carbonyl (C=O) groups excluding carboxylic acids is 2. The Morgan fingerprint density at radius 2 is 1.67 bits per heavy atom. The predicted octanol–water partition coefficient (Wildman–Crippen LogP) is 2.64. The molecule has 24 heavy (non-hydrogen) atoms. The number of para-hydroxylation sites is 1. The van der Waals surface area contributed by atoms with Gasteiger partial charge in [-0.05, 0) is 35.6 Å². The maximum absolute atomic E-state index is 12.9. The van der Waals surface area contributed by atoms with Gasteiger partial charge in [-0.25, -0.2) is 0 Å². The molecule has 0 fully saturated rings. The van der Waals surface area contributed by atoms with Crippen molar-refractivity contribution in [3.8, 4) is 0 Å². The van der Waals surface area contributed by atoms with Crippen molar-refractivity contribution >= 4 is 17.5 Å². The SMILES string of the molecule is CC1C(=O)Nc2ccccc2C1C(=O)NC1Cc2ccccc2C1. The lowest BCUT2D eigenvalue weighted by molar-refractivity contribution is -0.129. The lowest BCUT2D eigenvalue weighted by Crippen LogP contribution is -2.44. The fourth-order valence-corrected chi connectivity index (χ4v) is 3.87. The summed E-state index contributed by atoms with van der Waals surface area (Å²) < 4.78 is 0. The molecule has 2 aromatic carbocycles. The zero-order chi connectivity index (χ0) is 16.7. The third kappa shape index (κ3) is 2.48. The molecule has 2 amide bonds. The third-order valence-electron chi connectivity index (χ3n) is 5.15. The summed E-state index contributed by atoms with van der Waals surface area (Å²) in [7, 11) is 0. The van der Waals surface area contributed by atoms with Crippen LogP contribution in [0.3, 0.4) is 0 Å². The minimum Gasteiger partial charge on any atom is -0.352 e. The zero-order valence-electron chi connectivity index (χ0n) is 13.6. The summed E-state index contributed by atoms with van der Waals surface area (Å²) in [4.78, 5) is 25.1. The van der Waals surface area contributed by atoms with Gasteiger partial charge in [0.25, 0.3) is 0 Å². The molecule has 2 aromatic rings. The number of nitrogens with one attached hydrogen (secondary N) is 2. The van der Waals surface area contributed by atoms with Crippen molar-refractivity contribution in [1.82, 2.24) is 5.32 Å². The van der Waals surface area contributed by atoms with Gasteiger partial charge < -0.3 is 10.6 Å². The average Bonchev–Trinajstić information content (AvgIpc) is 2.98. The van der Waals surface area contributed by atoms with Gasteiger partial charge in [-0.1, -0.05) is 49.4 Å². The number of rotatable bonds is 2. The first-order chi connectivity index (χ1) is 11.6. The second-order valence-electron chi connectivity index (χ2n) is 6.73. The number of carbonyl (C=O) groups is 2. The molecule has 4 rings (SSSR count). The summed E-state index contributed by atoms with van der Waals surface area (Å²) in [6.45, 7) is 1.82. The van der Waals surface area contributed by atoms with Gasteiger partial charge in [0, 0.05) is 11.7 Å². The smallest absolute Gasteiger partial charge is 0.228 e. The van der Waals surface area contributed by atoms with Crippen molar-refractivity contribution < 1.29 is 9.59 Å². The molecule has 2 N–H and O–H groups in total. The van der Waals surface area contributed by atoms with E-state index in [1.807, 2.05) is 43.3 Å². The van der Waals surface area contributed by atoms with Gasteiger partial charge >= 0.3 is 0 Å². The van der Waals surface area contributed by atoms with Crippen LogP contribution >= 0.6 is 0 Å². The van der Waals surface area contributed by atoms with E-state index in [0.29, 0.717) is 0 Å². The highest BCUT2D eigenvalue weighted by Gasteiger charge is 2.38. The number of anilines is 1. The highest BCUT2D eigenvalue weighted by Crippen LogP contribution is 2.36. The quantitative estimate of drug-likeness (QED) is 0.894. The molecular weight excluding hydrogens is 300 g/mol. The van der Waals surface area contributed by atoms with Gasteiger partial charge in [-0.15, -0.1) is 0 Å². The first kappa shape index (κ1) is 14.9. The highest BCUT2D eigenvalue weighted by molar-refractivity contribution is 6.02. The lowest BCUT2D eigenvalue weighted by atomic mass is 9.82. The molecular formula is C20H20N2O2. The monoisotopic (exact) mass is 320 g/mol. The molecule has 2 unspecified atom stereocenters. The summed E-state index contributed by atoms with van der Waals surface area (Å²) in [5.41, 5.74) is 4.25. The van der Waals surface area contributed by atoms with Gasteiger partial charge in [-0.2, -0.15) is 0 Å². The minimum absolute atomic E-state index is 0.0531. The molecule has 2 aliphatic rings. The second-order valence-corrected chi connectivity index (χ2v) is 6.73. The normalized spacial score (nSPS) is 22.5. The van der Waals surface area contributed by atoms with Crippen molar-refractivity contribution in [2.45, 2.75) is 31.7 Å². The van der Waals surface area contributed by atoms with Crippen LogP contribution in [0.4, 0.5) is 5.69 Å². The fourth-order valence-electron chi connectivity index (χ4n) is 3.87. The average molecular weight is 320 g/mol. The van der Waals surface area contributed by atoms with Crippen LogP contribution in [0.25, 0.3) is 0 Å². The maximum atomic E-state index is 12.9. The molecule has 0 saturated heterocycles. The van der Waals surface area contributed by atoms with Gasteiger partial charge in [0.15, 0.2) is 0 Å². The molecule has 0 spiro atoms. The van der Waals surface area contributed by atoms with E-state index < -0.39 is 5.92 Å². The Labute approximate surface area is 141 Å². The van der Waals surface area contributed by atoms with E-state index >= 15 is 0 Å². The van der Waals surface area contributed by atoms with Crippen LogP contribution in [-0.2, 0) is 22.4 Å². The van der Waals surface area contributed by atoms with Crippen LogP contribution in [0.15, 0.2) is 48.5 Å². The second kappa shape index (κ2) is 5.78. The van der Waals surface area contributed by atoms with Crippen LogP contribution in [0, 0.1) is 5.92 Å². The summed E-state index contributed by atoms with van der Waals surface area (Å²) in [6, 6.07) is 16.0. The van der Waals surface area contributed by atoms with Crippen molar-refractivity contribution in [1.29, 1.82) is 0 Å². The molecule has 1 aliphatic carbocycles. The van der Waals surface area contributed by atoms with Gasteiger partial charge in [-0.3, -0.25) is 9.59 Å². The van der Waals surface area contributed by atoms with E-state index in [0.717, 1.165) is 24.1 Å². The van der Waals surface area contributed by atoms with E-state index in [4.69, 9.17) is 0 Å². The van der Waals surface area contributed by atoms with Crippen molar-refractivity contribution in [2.24, 2.45) is 5.92 Å². The highest BCUT2D eigenvalue weighted by atomic mass is 16.2. The molecule has 1 aliphatic heterocycles. The fraction of sp³-hybridized carbons (Fsp3) is 0.300. The minimum atomic E-state index is -0.432. The van der Waals surface area contributed by atoms with Gasteiger partial charge in [0.2, 0.25) is 11.8 Å². The maximum Gasteiger partial charge on any atom is 0.228 e. The van der Waals surface area contributed by atoms with Crippen molar-refractivity contribution in [3.05, 3.63) is 65.2 Å². The summed E-state index contributed by atoms with van der Waals surface area (Å²) in [6.07, 6.45) is 1.72. The lowest BCUT2D eigenvalue weighted by Gasteiger charge is -2.31. The summed E-state index contributed by atoms with van der Waals surface area (Å²) in [5.74, 6) is -0.950. The molecule has 4 nitrogen and oxygen atoms in total. The summed E-state index contributed by atoms with van der Waals surface area (Å²) in [5, 5.41) is 6.05. The molecule has 0 saturated carbocycles. The van der Waals surface area contributed by atoms with E-state index in [9.17, 15) is 9.59 Å². The zero-order valence-corrected chi connectivity index (χ0v) is 13.6. The first-order valence-electron chi connectivity index (χ1n) is 8.40. The predicted molar refractivity (Wildman–Crippen MR) is 92.8 cm³/mol. The van der Waals surface area contributed by atoms with E-state index in [-0.39, 0.29) is 23.8 Å². The van der Waals surface area contributed by atoms with Crippen LogP contribution < -0.4 is 10.6 Å². The van der Waals surface area contributed by atoms with Crippen LogP contribution in [0.5, 0.6) is 0 Å².